The van der Waals surface area contributed by atoms with Crippen molar-refractivity contribution in [3.05, 3.63) is 24.1 Å². The summed E-state index contributed by atoms with van der Waals surface area (Å²) in [4.78, 5) is 16.3. The number of carbonyl (C=O) groups is 1. The SMILES string of the molecule is COc1ccc(-c2noc(CCC(=O)NNC(=S)NC3CCCC3)n2)cc1OC. The Labute approximate surface area is 174 Å². The van der Waals surface area contributed by atoms with E-state index < -0.39 is 0 Å². The summed E-state index contributed by atoms with van der Waals surface area (Å²) in [7, 11) is 3.13. The second kappa shape index (κ2) is 10.1. The molecule has 0 radical (unpaired) electrons. The van der Waals surface area contributed by atoms with E-state index in [9.17, 15) is 4.79 Å². The van der Waals surface area contributed by atoms with Crippen LogP contribution in [-0.4, -0.2) is 41.4 Å². The highest BCUT2D eigenvalue weighted by Crippen LogP contribution is 2.31. The fourth-order valence-corrected chi connectivity index (χ4v) is 3.37. The number of thiocarbonyl (C=S) groups is 1. The van der Waals surface area contributed by atoms with Crippen LogP contribution in [0.4, 0.5) is 0 Å². The van der Waals surface area contributed by atoms with Crippen LogP contribution in [0.5, 0.6) is 11.5 Å². The lowest BCUT2D eigenvalue weighted by molar-refractivity contribution is -0.121. The number of methoxy groups -OCH3 is 2. The Balaban J connectivity index is 1.46. The van der Waals surface area contributed by atoms with Crippen LogP contribution in [0.15, 0.2) is 22.7 Å². The van der Waals surface area contributed by atoms with Crippen molar-refractivity contribution in [2.75, 3.05) is 14.2 Å². The number of rotatable bonds is 7. The summed E-state index contributed by atoms with van der Waals surface area (Å²) >= 11 is 5.19. The monoisotopic (exact) mass is 419 g/mol. The maximum atomic E-state index is 12.0. The third kappa shape index (κ3) is 5.80. The van der Waals surface area contributed by atoms with Crippen molar-refractivity contribution < 1.29 is 18.8 Å². The summed E-state index contributed by atoms with van der Waals surface area (Å²) in [6, 6.07) is 5.74. The van der Waals surface area contributed by atoms with E-state index in [1.807, 2.05) is 6.07 Å². The number of hydrogen-bond acceptors (Lipinski definition) is 7. The number of benzene rings is 1. The number of aromatic nitrogens is 2. The van der Waals surface area contributed by atoms with E-state index >= 15 is 0 Å². The molecule has 0 bridgehead atoms. The Morgan fingerprint density at radius 1 is 1.21 bits per heavy atom. The molecule has 29 heavy (non-hydrogen) atoms. The standard InChI is InChI=1S/C19H25N5O4S/c1-26-14-8-7-12(11-15(14)27-2)18-21-17(28-24-18)10-9-16(25)22-23-19(29)20-13-5-3-4-6-13/h7-8,11,13H,3-6,9-10H2,1-2H3,(H,22,25)(H2,20,23,29). The molecule has 0 saturated heterocycles. The molecule has 1 heterocycles. The van der Waals surface area contributed by atoms with Gasteiger partial charge in [0.1, 0.15) is 0 Å². The average molecular weight is 420 g/mol. The van der Waals surface area contributed by atoms with Crippen LogP contribution in [-0.2, 0) is 11.2 Å². The van der Waals surface area contributed by atoms with Gasteiger partial charge in [-0.3, -0.25) is 15.6 Å². The highest BCUT2D eigenvalue weighted by atomic mass is 32.1. The molecule has 0 atom stereocenters. The van der Waals surface area contributed by atoms with Gasteiger partial charge in [-0.2, -0.15) is 4.98 Å². The van der Waals surface area contributed by atoms with Crippen molar-refractivity contribution >= 4 is 23.2 Å². The molecule has 1 saturated carbocycles. The highest BCUT2D eigenvalue weighted by molar-refractivity contribution is 7.80. The molecule has 1 aliphatic rings. The maximum Gasteiger partial charge on any atom is 0.238 e. The first-order valence-corrected chi connectivity index (χ1v) is 9.90. The van der Waals surface area contributed by atoms with Gasteiger partial charge in [0.25, 0.3) is 0 Å². The largest absolute Gasteiger partial charge is 0.493 e. The molecule has 10 heteroatoms. The van der Waals surface area contributed by atoms with E-state index in [0.29, 0.717) is 40.8 Å². The number of hydrazine groups is 1. The van der Waals surface area contributed by atoms with E-state index in [2.05, 4.69) is 26.3 Å². The molecule has 1 aromatic carbocycles. The first-order valence-electron chi connectivity index (χ1n) is 9.49. The van der Waals surface area contributed by atoms with E-state index in [0.717, 1.165) is 18.4 Å². The fraction of sp³-hybridized carbons (Fsp3) is 0.474. The zero-order valence-electron chi connectivity index (χ0n) is 16.5. The highest BCUT2D eigenvalue weighted by Gasteiger charge is 2.16. The Morgan fingerprint density at radius 2 is 1.97 bits per heavy atom. The zero-order valence-corrected chi connectivity index (χ0v) is 17.3. The molecule has 1 amide bonds. The maximum absolute atomic E-state index is 12.0. The Bertz CT molecular complexity index is 851. The predicted molar refractivity (Wildman–Crippen MR) is 110 cm³/mol. The minimum atomic E-state index is -0.216. The minimum absolute atomic E-state index is 0.187. The number of carbonyl (C=O) groups excluding carboxylic acids is 1. The summed E-state index contributed by atoms with van der Waals surface area (Å²) in [5.41, 5.74) is 6.04. The van der Waals surface area contributed by atoms with Crippen LogP contribution >= 0.6 is 12.2 Å². The molecular weight excluding hydrogens is 394 g/mol. The smallest absolute Gasteiger partial charge is 0.238 e. The molecule has 1 aromatic heterocycles. The normalized spacial score (nSPS) is 13.7. The molecule has 3 N–H and O–H groups in total. The lowest BCUT2D eigenvalue weighted by Crippen LogP contribution is -2.49. The first kappa shape index (κ1) is 20.8. The zero-order chi connectivity index (χ0) is 20.6. The van der Waals surface area contributed by atoms with Gasteiger partial charge in [0.2, 0.25) is 17.6 Å². The van der Waals surface area contributed by atoms with Gasteiger partial charge in [-0.05, 0) is 43.3 Å². The second-order valence-corrected chi connectivity index (χ2v) is 7.12. The van der Waals surface area contributed by atoms with Gasteiger partial charge in [-0.25, -0.2) is 0 Å². The van der Waals surface area contributed by atoms with Gasteiger partial charge >= 0.3 is 0 Å². The molecule has 0 spiro atoms. The van der Waals surface area contributed by atoms with Crippen molar-refractivity contribution in [2.24, 2.45) is 0 Å². The van der Waals surface area contributed by atoms with Crippen molar-refractivity contribution in [1.29, 1.82) is 0 Å². The van der Waals surface area contributed by atoms with Crippen LogP contribution in [0.25, 0.3) is 11.4 Å². The fourth-order valence-electron chi connectivity index (χ4n) is 3.15. The number of aryl methyl sites for hydroxylation is 1. The lowest BCUT2D eigenvalue weighted by atomic mass is 10.2. The van der Waals surface area contributed by atoms with Gasteiger partial charge < -0.3 is 19.3 Å². The molecule has 1 fully saturated rings. The Hall–Kier alpha value is -2.88. The Morgan fingerprint density at radius 3 is 2.69 bits per heavy atom. The van der Waals surface area contributed by atoms with Crippen LogP contribution in [0, 0.1) is 0 Å². The van der Waals surface area contributed by atoms with Crippen molar-refractivity contribution in [1.82, 2.24) is 26.3 Å². The number of ether oxygens (including phenoxy) is 2. The molecule has 156 valence electrons. The van der Waals surface area contributed by atoms with Gasteiger partial charge in [-0.15, -0.1) is 0 Å². The average Bonchev–Trinajstić information content (AvgIpc) is 3.42. The molecule has 1 aliphatic carbocycles. The number of nitrogens with zero attached hydrogens (tertiary/aromatic N) is 2. The third-order valence-electron chi connectivity index (χ3n) is 4.68. The summed E-state index contributed by atoms with van der Waals surface area (Å²) in [6.07, 6.45) is 5.14. The first-order chi connectivity index (χ1) is 14.1. The number of nitrogens with one attached hydrogen (secondary N) is 3. The number of hydrogen-bond donors (Lipinski definition) is 3. The quantitative estimate of drug-likeness (QED) is 0.459. The second-order valence-electron chi connectivity index (χ2n) is 6.71. The van der Waals surface area contributed by atoms with Crippen LogP contribution in [0.1, 0.15) is 38.0 Å². The van der Waals surface area contributed by atoms with Gasteiger partial charge in [-0.1, -0.05) is 18.0 Å². The van der Waals surface area contributed by atoms with Gasteiger partial charge in [0, 0.05) is 24.4 Å². The lowest BCUT2D eigenvalue weighted by Gasteiger charge is -2.15. The van der Waals surface area contributed by atoms with Crippen LogP contribution < -0.4 is 25.6 Å². The third-order valence-corrected chi connectivity index (χ3v) is 4.90. The Kier molecular flexibility index (Phi) is 7.23. The van der Waals surface area contributed by atoms with Crippen LogP contribution in [0.2, 0.25) is 0 Å². The van der Waals surface area contributed by atoms with Crippen molar-refractivity contribution in [2.45, 2.75) is 44.6 Å². The van der Waals surface area contributed by atoms with E-state index in [1.54, 1.807) is 26.4 Å². The summed E-state index contributed by atoms with van der Waals surface area (Å²) in [6.45, 7) is 0. The minimum Gasteiger partial charge on any atom is -0.493 e. The van der Waals surface area contributed by atoms with E-state index in [4.69, 9.17) is 26.2 Å². The molecule has 0 unspecified atom stereocenters. The molecule has 3 rings (SSSR count). The summed E-state index contributed by atoms with van der Waals surface area (Å²) in [5, 5.41) is 7.59. The topological polar surface area (TPSA) is 111 Å². The predicted octanol–water partition coefficient (Wildman–Crippen LogP) is 2.12. The van der Waals surface area contributed by atoms with Crippen molar-refractivity contribution in [3.8, 4) is 22.9 Å². The van der Waals surface area contributed by atoms with Crippen molar-refractivity contribution in [3.63, 3.8) is 0 Å². The molecule has 0 aliphatic heterocycles. The van der Waals surface area contributed by atoms with Gasteiger partial charge in [0.05, 0.1) is 14.2 Å². The van der Waals surface area contributed by atoms with E-state index in [1.165, 1.54) is 12.8 Å². The van der Waals surface area contributed by atoms with E-state index in [-0.39, 0.29) is 12.3 Å². The van der Waals surface area contributed by atoms with Crippen LogP contribution in [0.3, 0.4) is 0 Å². The summed E-state index contributed by atoms with van der Waals surface area (Å²) < 4.78 is 15.7. The molecular formula is C19H25N5O4S. The van der Waals surface area contributed by atoms with Gasteiger partial charge in [0.15, 0.2) is 16.6 Å². The molecule has 2 aromatic rings. The molecule has 9 nitrogen and oxygen atoms in total. The number of amides is 1. The summed E-state index contributed by atoms with van der Waals surface area (Å²) in [5.74, 6) is 1.76.